The van der Waals surface area contributed by atoms with Crippen molar-refractivity contribution < 1.29 is 18.7 Å². The van der Waals surface area contributed by atoms with Gasteiger partial charge in [0.2, 0.25) is 0 Å². The highest BCUT2D eigenvalue weighted by molar-refractivity contribution is 5.98. The lowest BCUT2D eigenvalue weighted by Gasteiger charge is -2.07. The Bertz CT molecular complexity index is 476. The summed E-state index contributed by atoms with van der Waals surface area (Å²) in [5.74, 6) is -2.68. The number of nitrogens with zero attached hydrogens (tertiary/aromatic N) is 1. The van der Waals surface area contributed by atoms with Crippen LogP contribution in [-0.2, 0) is 9.53 Å². The molecule has 0 amide bonds. The number of hydrogen-bond acceptors (Lipinski definition) is 4. The number of benzene rings is 1. The molecule has 0 aromatic heterocycles. The maximum atomic E-state index is 12.7. The molecule has 1 rings (SSSR count). The van der Waals surface area contributed by atoms with Gasteiger partial charge in [-0.25, -0.2) is 4.39 Å². The van der Waals surface area contributed by atoms with E-state index in [0.29, 0.717) is 0 Å². The monoisotopic (exact) mass is 249 g/mol. The van der Waals surface area contributed by atoms with Crippen molar-refractivity contribution in [2.24, 2.45) is 5.92 Å². The molecule has 1 atom stereocenters. The lowest BCUT2D eigenvalue weighted by molar-refractivity contribution is -0.145. The first-order chi connectivity index (χ1) is 8.58. The van der Waals surface area contributed by atoms with Crippen LogP contribution in [0.1, 0.15) is 23.7 Å². The van der Waals surface area contributed by atoms with Crippen LogP contribution in [0.2, 0.25) is 0 Å². The highest BCUT2D eigenvalue weighted by Gasteiger charge is 2.23. The first-order valence-electron chi connectivity index (χ1n) is 5.43. The lowest BCUT2D eigenvalue weighted by Crippen LogP contribution is -2.19. The van der Waals surface area contributed by atoms with E-state index in [-0.39, 0.29) is 18.6 Å². The zero-order valence-electron chi connectivity index (χ0n) is 9.85. The second kappa shape index (κ2) is 6.50. The molecule has 0 saturated carbocycles. The second-order valence-corrected chi connectivity index (χ2v) is 3.57. The highest BCUT2D eigenvalue weighted by atomic mass is 19.1. The minimum absolute atomic E-state index is 0.155. The molecule has 0 saturated heterocycles. The summed E-state index contributed by atoms with van der Waals surface area (Å²) in [6.07, 6.45) is -0.263. The van der Waals surface area contributed by atoms with Crippen LogP contribution >= 0.6 is 0 Å². The number of carbonyl (C=O) groups is 2. The number of Topliss-reactive ketones (excluding diaryl/α,β-unsaturated/α-hetero) is 1. The van der Waals surface area contributed by atoms with Crippen molar-refractivity contribution in [3.05, 3.63) is 35.6 Å². The average Bonchev–Trinajstić information content (AvgIpc) is 2.36. The Morgan fingerprint density at radius 3 is 2.50 bits per heavy atom. The predicted octanol–water partition coefficient (Wildman–Crippen LogP) is 2.10. The van der Waals surface area contributed by atoms with Gasteiger partial charge in [0.15, 0.2) is 11.7 Å². The van der Waals surface area contributed by atoms with Gasteiger partial charge in [-0.3, -0.25) is 9.59 Å². The van der Waals surface area contributed by atoms with Gasteiger partial charge in [-0.2, -0.15) is 5.26 Å². The molecule has 0 aliphatic heterocycles. The molecule has 0 unspecified atom stereocenters. The summed E-state index contributed by atoms with van der Waals surface area (Å²) in [6.45, 7) is 1.77. The van der Waals surface area contributed by atoms with Crippen molar-refractivity contribution in [2.45, 2.75) is 13.3 Å². The minimum atomic E-state index is -1.12. The lowest BCUT2D eigenvalue weighted by atomic mass is 9.99. The third-order valence-corrected chi connectivity index (χ3v) is 2.28. The van der Waals surface area contributed by atoms with E-state index in [4.69, 9.17) is 5.26 Å². The van der Waals surface area contributed by atoms with E-state index in [0.717, 1.165) is 12.1 Å². The van der Waals surface area contributed by atoms with Crippen molar-refractivity contribution in [3.63, 3.8) is 0 Å². The van der Waals surface area contributed by atoms with Gasteiger partial charge in [0, 0.05) is 12.0 Å². The molecule has 0 bridgehead atoms. The molecule has 0 aliphatic rings. The third-order valence-electron chi connectivity index (χ3n) is 2.28. The van der Waals surface area contributed by atoms with Crippen LogP contribution in [0.4, 0.5) is 4.39 Å². The Hall–Kier alpha value is -2.22. The van der Waals surface area contributed by atoms with Crippen LogP contribution in [0.25, 0.3) is 0 Å². The number of rotatable bonds is 5. The molecule has 0 fully saturated rings. The van der Waals surface area contributed by atoms with Gasteiger partial charge >= 0.3 is 5.97 Å². The van der Waals surface area contributed by atoms with Crippen molar-refractivity contribution in [1.82, 2.24) is 0 Å². The molecule has 0 spiro atoms. The zero-order chi connectivity index (χ0) is 13.5. The highest BCUT2D eigenvalue weighted by Crippen LogP contribution is 2.12. The fourth-order valence-electron chi connectivity index (χ4n) is 1.36. The van der Waals surface area contributed by atoms with E-state index >= 15 is 0 Å². The van der Waals surface area contributed by atoms with Crippen molar-refractivity contribution in [1.29, 1.82) is 5.26 Å². The summed E-state index contributed by atoms with van der Waals surface area (Å²) < 4.78 is 17.3. The number of esters is 1. The Morgan fingerprint density at radius 2 is 2.00 bits per heavy atom. The molecular weight excluding hydrogens is 237 g/mol. The second-order valence-electron chi connectivity index (χ2n) is 3.57. The maximum Gasteiger partial charge on any atom is 0.323 e. The predicted molar refractivity (Wildman–Crippen MR) is 61.1 cm³/mol. The van der Waals surface area contributed by atoms with Crippen LogP contribution in [0, 0.1) is 23.1 Å². The Kier molecular flexibility index (Phi) is 5.00. The van der Waals surface area contributed by atoms with Crippen molar-refractivity contribution in [2.75, 3.05) is 6.61 Å². The van der Waals surface area contributed by atoms with Gasteiger partial charge in [0.25, 0.3) is 0 Å². The maximum absolute atomic E-state index is 12.7. The van der Waals surface area contributed by atoms with Crippen molar-refractivity contribution in [3.8, 4) is 6.07 Å². The Morgan fingerprint density at radius 1 is 1.39 bits per heavy atom. The third kappa shape index (κ3) is 3.67. The van der Waals surface area contributed by atoms with Gasteiger partial charge < -0.3 is 4.74 Å². The standard InChI is InChI=1S/C13H12FNO3/c1-2-18-13(17)10(8-15)7-12(16)9-3-5-11(14)6-4-9/h3-6,10H,2,7H2,1H3/t10-/m0/s1. The summed E-state index contributed by atoms with van der Waals surface area (Å²) in [7, 11) is 0. The molecule has 18 heavy (non-hydrogen) atoms. The van der Waals surface area contributed by atoms with Gasteiger partial charge in [-0.1, -0.05) is 0 Å². The van der Waals surface area contributed by atoms with E-state index in [1.807, 2.05) is 0 Å². The average molecular weight is 249 g/mol. The number of ether oxygens (including phenoxy) is 1. The molecule has 1 aromatic rings. The molecule has 5 heteroatoms. The molecular formula is C13H12FNO3. The number of halogens is 1. The molecule has 0 heterocycles. The summed E-state index contributed by atoms with van der Waals surface area (Å²) in [5.41, 5.74) is 0.265. The van der Waals surface area contributed by atoms with Gasteiger partial charge in [0.1, 0.15) is 5.82 Å². The van der Waals surface area contributed by atoms with E-state index in [1.54, 1.807) is 13.0 Å². The summed E-state index contributed by atoms with van der Waals surface area (Å²) in [5, 5.41) is 8.80. The van der Waals surface area contributed by atoms with E-state index in [1.165, 1.54) is 12.1 Å². The van der Waals surface area contributed by atoms with Gasteiger partial charge in [0.05, 0.1) is 12.7 Å². The first kappa shape index (κ1) is 13.8. The SMILES string of the molecule is CCOC(=O)[C@H](C#N)CC(=O)c1ccc(F)cc1. The van der Waals surface area contributed by atoms with Gasteiger partial charge in [-0.05, 0) is 31.2 Å². The van der Waals surface area contributed by atoms with E-state index in [9.17, 15) is 14.0 Å². The van der Waals surface area contributed by atoms with E-state index in [2.05, 4.69) is 4.74 Å². The number of ketones is 1. The largest absolute Gasteiger partial charge is 0.465 e. The van der Waals surface area contributed by atoms with Crippen LogP contribution in [-0.4, -0.2) is 18.4 Å². The van der Waals surface area contributed by atoms with E-state index < -0.39 is 23.5 Å². The molecule has 0 aliphatic carbocycles. The minimum Gasteiger partial charge on any atom is -0.465 e. The molecule has 0 N–H and O–H groups in total. The summed E-state index contributed by atoms with van der Waals surface area (Å²) in [4.78, 5) is 23.1. The Labute approximate surface area is 104 Å². The topological polar surface area (TPSA) is 67.2 Å². The van der Waals surface area contributed by atoms with Crippen LogP contribution in [0.15, 0.2) is 24.3 Å². The smallest absolute Gasteiger partial charge is 0.323 e. The van der Waals surface area contributed by atoms with Crippen LogP contribution in [0.5, 0.6) is 0 Å². The fraction of sp³-hybridized carbons (Fsp3) is 0.308. The number of nitriles is 1. The van der Waals surface area contributed by atoms with Crippen LogP contribution in [0.3, 0.4) is 0 Å². The number of carbonyl (C=O) groups excluding carboxylic acids is 2. The quantitative estimate of drug-likeness (QED) is 0.592. The molecule has 94 valence electrons. The molecule has 4 nitrogen and oxygen atoms in total. The van der Waals surface area contributed by atoms with Crippen molar-refractivity contribution >= 4 is 11.8 Å². The van der Waals surface area contributed by atoms with Crippen LogP contribution < -0.4 is 0 Å². The number of hydrogen-bond donors (Lipinski definition) is 0. The van der Waals surface area contributed by atoms with Gasteiger partial charge in [-0.15, -0.1) is 0 Å². The molecule has 1 aromatic carbocycles. The first-order valence-corrected chi connectivity index (χ1v) is 5.43. The fourth-order valence-corrected chi connectivity index (χ4v) is 1.36. The zero-order valence-corrected chi connectivity index (χ0v) is 9.85. The normalized spacial score (nSPS) is 11.4. The summed E-state index contributed by atoms with van der Waals surface area (Å²) in [6, 6.07) is 6.67. The Balaban J connectivity index is 2.71. The summed E-state index contributed by atoms with van der Waals surface area (Å²) >= 11 is 0. The molecule has 0 radical (unpaired) electrons.